The number of ether oxygens (including phenoxy) is 1. The van der Waals surface area contributed by atoms with Crippen LogP contribution in [-0.2, 0) is 9.59 Å². The Balaban J connectivity index is 2.11. The van der Waals surface area contributed by atoms with Crippen molar-refractivity contribution in [2.75, 3.05) is 12.0 Å². The van der Waals surface area contributed by atoms with Crippen LogP contribution < -0.4 is 15.0 Å². The molecule has 0 spiro atoms. The molecule has 6 nitrogen and oxygen atoms in total. The number of nitrogens with one attached hydrogen (secondary N) is 1. The third kappa shape index (κ3) is 3.64. The van der Waals surface area contributed by atoms with E-state index >= 15 is 0 Å². The van der Waals surface area contributed by atoms with Gasteiger partial charge in [0.1, 0.15) is 11.3 Å². The van der Waals surface area contributed by atoms with E-state index in [9.17, 15) is 14.4 Å². The molecule has 0 unspecified atom stereocenters. The summed E-state index contributed by atoms with van der Waals surface area (Å²) in [6, 6.07) is 9.91. The first-order valence-corrected chi connectivity index (χ1v) is 8.93. The lowest BCUT2D eigenvalue weighted by Crippen LogP contribution is -2.54. The quantitative estimate of drug-likeness (QED) is 0.596. The molecule has 0 atom stereocenters. The Morgan fingerprint density at radius 3 is 2.52 bits per heavy atom. The first-order chi connectivity index (χ1) is 12.8. The number of aryl methyl sites for hydroxylation is 2. The fourth-order valence-electron chi connectivity index (χ4n) is 2.81. The molecule has 1 N–H and O–H groups in total. The van der Waals surface area contributed by atoms with Gasteiger partial charge in [0.25, 0.3) is 11.8 Å². The number of anilines is 1. The minimum Gasteiger partial charge on any atom is -0.496 e. The van der Waals surface area contributed by atoms with Crippen LogP contribution in [0.1, 0.15) is 16.7 Å². The van der Waals surface area contributed by atoms with E-state index < -0.39 is 17.8 Å². The highest BCUT2D eigenvalue weighted by molar-refractivity contribution is 9.10. The molecule has 2 aromatic rings. The second kappa shape index (κ2) is 7.36. The molecule has 3 rings (SSSR count). The van der Waals surface area contributed by atoms with Crippen molar-refractivity contribution in [3.05, 3.63) is 63.1 Å². The molecule has 27 heavy (non-hydrogen) atoms. The third-order valence-corrected chi connectivity index (χ3v) is 4.69. The number of urea groups is 1. The number of nitrogens with zero attached hydrogens (tertiary/aromatic N) is 1. The minimum absolute atomic E-state index is 0.146. The van der Waals surface area contributed by atoms with Gasteiger partial charge in [-0.25, -0.2) is 9.69 Å². The largest absolute Gasteiger partial charge is 0.496 e. The van der Waals surface area contributed by atoms with Gasteiger partial charge in [0, 0.05) is 10.0 Å². The maximum absolute atomic E-state index is 13.0. The summed E-state index contributed by atoms with van der Waals surface area (Å²) in [6.07, 6.45) is 1.42. The van der Waals surface area contributed by atoms with E-state index in [1.807, 2.05) is 19.1 Å². The molecule has 1 heterocycles. The highest BCUT2D eigenvalue weighted by Crippen LogP contribution is 2.29. The maximum Gasteiger partial charge on any atom is 0.335 e. The van der Waals surface area contributed by atoms with Gasteiger partial charge in [0.05, 0.1) is 12.8 Å². The van der Waals surface area contributed by atoms with Crippen LogP contribution in [0, 0.1) is 13.8 Å². The number of hydrogen-bond acceptors (Lipinski definition) is 4. The van der Waals surface area contributed by atoms with Crippen molar-refractivity contribution in [1.82, 2.24) is 5.32 Å². The van der Waals surface area contributed by atoms with Gasteiger partial charge in [-0.15, -0.1) is 0 Å². The second-order valence-corrected chi connectivity index (χ2v) is 7.05. The molecule has 1 aliphatic heterocycles. The van der Waals surface area contributed by atoms with Crippen LogP contribution in [0.15, 0.2) is 46.4 Å². The van der Waals surface area contributed by atoms with E-state index in [1.165, 1.54) is 13.2 Å². The van der Waals surface area contributed by atoms with E-state index in [0.717, 1.165) is 20.5 Å². The van der Waals surface area contributed by atoms with Gasteiger partial charge in [-0.1, -0.05) is 28.1 Å². The fraction of sp³-hybridized carbons (Fsp3) is 0.150. The van der Waals surface area contributed by atoms with Gasteiger partial charge in [-0.2, -0.15) is 0 Å². The van der Waals surface area contributed by atoms with E-state index in [4.69, 9.17) is 4.74 Å². The third-order valence-electron chi connectivity index (χ3n) is 4.20. The van der Waals surface area contributed by atoms with Gasteiger partial charge in [0.2, 0.25) is 0 Å². The Labute approximate surface area is 164 Å². The number of benzene rings is 2. The van der Waals surface area contributed by atoms with Gasteiger partial charge in [-0.05, 0) is 55.3 Å². The Morgan fingerprint density at radius 1 is 1.07 bits per heavy atom. The maximum atomic E-state index is 13.0. The Hall–Kier alpha value is -2.93. The van der Waals surface area contributed by atoms with Crippen LogP contribution in [-0.4, -0.2) is 25.0 Å². The second-order valence-electron chi connectivity index (χ2n) is 6.13. The zero-order valence-corrected chi connectivity index (χ0v) is 16.6. The van der Waals surface area contributed by atoms with Crippen molar-refractivity contribution < 1.29 is 19.1 Å². The number of halogens is 1. The molecule has 0 saturated carbocycles. The number of hydrogen-bond donors (Lipinski definition) is 1. The average molecular weight is 429 g/mol. The number of methoxy groups -OCH3 is 1. The molecule has 1 saturated heterocycles. The first-order valence-electron chi connectivity index (χ1n) is 8.14. The van der Waals surface area contributed by atoms with Crippen LogP contribution in [0.2, 0.25) is 0 Å². The van der Waals surface area contributed by atoms with Crippen molar-refractivity contribution >= 4 is 45.5 Å². The van der Waals surface area contributed by atoms with Crippen molar-refractivity contribution in [3.63, 3.8) is 0 Å². The highest BCUT2D eigenvalue weighted by atomic mass is 79.9. The van der Waals surface area contributed by atoms with E-state index in [2.05, 4.69) is 21.2 Å². The SMILES string of the molecule is COc1ccc(Br)cc1/C=C1\C(=O)NC(=O)N(c2cc(C)ccc2C)C1=O. The molecular weight excluding hydrogens is 412 g/mol. The summed E-state index contributed by atoms with van der Waals surface area (Å²) in [5.74, 6) is -0.922. The Bertz CT molecular complexity index is 997. The summed E-state index contributed by atoms with van der Waals surface area (Å²) in [5, 5.41) is 2.23. The lowest BCUT2D eigenvalue weighted by Gasteiger charge is -2.28. The minimum atomic E-state index is -0.767. The molecule has 0 bridgehead atoms. The zero-order valence-electron chi connectivity index (χ0n) is 15.0. The first kappa shape index (κ1) is 18.8. The number of imide groups is 2. The average Bonchev–Trinajstić information content (AvgIpc) is 2.61. The van der Waals surface area contributed by atoms with Crippen molar-refractivity contribution in [1.29, 1.82) is 0 Å². The summed E-state index contributed by atoms with van der Waals surface area (Å²) < 4.78 is 6.06. The zero-order chi connectivity index (χ0) is 19.7. The van der Waals surface area contributed by atoms with Gasteiger partial charge >= 0.3 is 6.03 Å². The molecule has 4 amide bonds. The summed E-state index contributed by atoms with van der Waals surface area (Å²) in [6.45, 7) is 3.66. The van der Waals surface area contributed by atoms with E-state index in [1.54, 1.807) is 31.2 Å². The lowest BCUT2D eigenvalue weighted by atomic mass is 10.0. The molecule has 0 aromatic heterocycles. The predicted octanol–water partition coefficient (Wildman–Crippen LogP) is 3.74. The van der Waals surface area contributed by atoms with Gasteiger partial charge in [-0.3, -0.25) is 14.9 Å². The summed E-state index contributed by atoms with van der Waals surface area (Å²) in [4.78, 5) is 38.7. The van der Waals surface area contributed by atoms with Crippen LogP contribution >= 0.6 is 15.9 Å². The van der Waals surface area contributed by atoms with Crippen LogP contribution in [0.3, 0.4) is 0 Å². The van der Waals surface area contributed by atoms with E-state index in [-0.39, 0.29) is 5.57 Å². The van der Waals surface area contributed by atoms with Crippen LogP contribution in [0.25, 0.3) is 6.08 Å². The van der Waals surface area contributed by atoms with Gasteiger partial charge < -0.3 is 4.74 Å². The fourth-order valence-corrected chi connectivity index (χ4v) is 3.19. The molecule has 0 aliphatic carbocycles. The smallest absolute Gasteiger partial charge is 0.335 e. The lowest BCUT2D eigenvalue weighted by molar-refractivity contribution is -0.122. The van der Waals surface area contributed by atoms with Crippen LogP contribution in [0.4, 0.5) is 10.5 Å². The number of carbonyl (C=O) groups excluding carboxylic acids is 3. The molecule has 0 radical (unpaired) electrons. The summed E-state index contributed by atoms with van der Waals surface area (Å²) in [5.41, 5.74) is 2.48. The number of barbiturate groups is 1. The Kier molecular flexibility index (Phi) is 5.14. The Morgan fingerprint density at radius 2 is 1.81 bits per heavy atom. The number of carbonyl (C=O) groups is 3. The van der Waals surface area contributed by atoms with Crippen molar-refractivity contribution in [2.24, 2.45) is 0 Å². The molecule has 138 valence electrons. The number of rotatable bonds is 3. The molecule has 1 aliphatic rings. The van der Waals surface area contributed by atoms with Crippen molar-refractivity contribution in [3.8, 4) is 5.75 Å². The molecular formula is C20H17BrN2O4. The normalized spacial score (nSPS) is 15.9. The summed E-state index contributed by atoms with van der Waals surface area (Å²) >= 11 is 3.36. The van der Waals surface area contributed by atoms with Gasteiger partial charge in [0.15, 0.2) is 0 Å². The monoisotopic (exact) mass is 428 g/mol. The van der Waals surface area contributed by atoms with Crippen LogP contribution in [0.5, 0.6) is 5.75 Å². The standard InChI is InChI=1S/C20H17BrN2O4/c1-11-4-5-12(2)16(8-11)23-19(25)15(18(24)22-20(23)26)10-13-9-14(21)6-7-17(13)27-3/h4-10H,1-3H3,(H,22,24,26)/b15-10+. The molecule has 7 heteroatoms. The topological polar surface area (TPSA) is 75.7 Å². The molecule has 2 aromatic carbocycles. The number of amides is 4. The molecule has 1 fully saturated rings. The van der Waals surface area contributed by atoms with Crippen molar-refractivity contribution in [2.45, 2.75) is 13.8 Å². The summed E-state index contributed by atoms with van der Waals surface area (Å²) in [7, 11) is 1.50. The highest BCUT2D eigenvalue weighted by Gasteiger charge is 2.37. The predicted molar refractivity (Wildman–Crippen MR) is 106 cm³/mol. The van der Waals surface area contributed by atoms with E-state index in [0.29, 0.717) is 17.0 Å².